The van der Waals surface area contributed by atoms with Crippen LogP contribution in [0.4, 0.5) is 0 Å². The molecule has 0 amide bonds. The summed E-state index contributed by atoms with van der Waals surface area (Å²) in [6.45, 7) is 1.20. The van der Waals surface area contributed by atoms with Crippen LogP contribution in [0.25, 0.3) is 32.7 Å². The number of hydrogen-bond acceptors (Lipinski definition) is 4. The van der Waals surface area contributed by atoms with Crippen LogP contribution in [0.2, 0.25) is 0 Å². The molecule has 9 heteroatoms. The second-order valence-corrected chi connectivity index (χ2v) is 11.8. The number of benzene rings is 3. The van der Waals surface area contributed by atoms with Crippen LogP contribution in [0.1, 0.15) is 39.8 Å². The van der Waals surface area contributed by atoms with Crippen molar-refractivity contribution in [2.24, 2.45) is 17.2 Å². The second kappa shape index (κ2) is 10.5. The summed E-state index contributed by atoms with van der Waals surface area (Å²) in [7, 11) is 0. The van der Waals surface area contributed by atoms with E-state index >= 15 is 0 Å². The lowest BCUT2D eigenvalue weighted by molar-refractivity contribution is 0.466. The van der Waals surface area contributed by atoms with Gasteiger partial charge in [-0.25, -0.2) is 0 Å². The number of aromatic nitrogens is 3. The molecule has 0 bridgehead atoms. The van der Waals surface area contributed by atoms with Crippen LogP contribution < -0.4 is 17.2 Å². The van der Waals surface area contributed by atoms with Gasteiger partial charge >= 0.3 is 0 Å². The molecule has 0 radical (unpaired) electrons. The highest BCUT2D eigenvalue weighted by Gasteiger charge is 2.29. The maximum atomic E-state index is 11.3. The van der Waals surface area contributed by atoms with Crippen molar-refractivity contribution in [1.29, 1.82) is 0 Å². The molecule has 39 heavy (non-hydrogen) atoms. The lowest BCUT2D eigenvalue weighted by Gasteiger charge is -2.20. The van der Waals surface area contributed by atoms with Crippen molar-refractivity contribution in [2.45, 2.75) is 18.3 Å². The first-order valence-corrected chi connectivity index (χ1v) is 14.5. The number of halogens is 2. The molecule has 0 saturated carbocycles. The van der Waals surface area contributed by atoms with Gasteiger partial charge in [0.25, 0.3) is 0 Å². The average molecular weight is 650 g/mol. The van der Waals surface area contributed by atoms with Gasteiger partial charge in [-0.3, -0.25) is 0 Å². The molecule has 6 rings (SSSR count). The second-order valence-electron chi connectivity index (χ2n) is 9.92. The molecule has 3 heterocycles. The largest absolute Gasteiger partial charge is 0.508 e. The lowest BCUT2D eigenvalue weighted by Crippen LogP contribution is -2.17. The number of aromatic hydroxyl groups is 1. The van der Waals surface area contributed by atoms with Crippen LogP contribution in [-0.4, -0.2) is 39.7 Å². The number of nitrogens with two attached hydrogens (primary N) is 3. The van der Waals surface area contributed by atoms with Gasteiger partial charge in [0.2, 0.25) is 0 Å². The van der Waals surface area contributed by atoms with Gasteiger partial charge in [0.15, 0.2) is 0 Å². The molecule has 0 unspecified atom stereocenters. The summed E-state index contributed by atoms with van der Waals surface area (Å²) in [5, 5.41) is 14.5. The van der Waals surface area contributed by atoms with E-state index in [2.05, 4.69) is 65.0 Å². The predicted molar refractivity (Wildman–Crippen MR) is 167 cm³/mol. The Balaban J connectivity index is 1.58. The minimum Gasteiger partial charge on any atom is -0.508 e. The fourth-order valence-electron chi connectivity index (χ4n) is 6.07. The molecular weight excluding hydrogens is 620 g/mol. The van der Waals surface area contributed by atoms with Crippen molar-refractivity contribution in [2.75, 3.05) is 19.6 Å². The number of aromatic amines is 3. The van der Waals surface area contributed by atoms with E-state index < -0.39 is 0 Å². The molecule has 0 fully saturated rings. The predicted octanol–water partition coefficient (Wildman–Crippen LogP) is 6.04. The molecule has 0 aliphatic rings. The van der Waals surface area contributed by atoms with E-state index in [1.807, 2.05) is 36.7 Å². The summed E-state index contributed by atoms with van der Waals surface area (Å²) in [6, 6.07) is 16.0. The van der Waals surface area contributed by atoms with E-state index in [4.69, 9.17) is 17.2 Å². The minimum atomic E-state index is -0.231. The van der Waals surface area contributed by atoms with Gasteiger partial charge in [-0.2, -0.15) is 0 Å². The lowest BCUT2D eigenvalue weighted by atomic mass is 9.85. The van der Waals surface area contributed by atoms with Crippen molar-refractivity contribution in [1.82, 2.24) is 15.0 Å². The maximum Gasteiger partial charge on any atom is 0.120 e. The maximum absolute atomic E-state index is 11.3. The Morgan fingerprint density at radius 1 is 0.744 bits per heavy atom. The van der Waals surface area contributed by atoms with Crippen molar-refractivity contribution in [3.8, 4) is 5.75 Å². The first kappa shape index (κ1) is 26.2. The van der Waals surface area contributed by atoms with E-state index in [9.17, 15) is 5.11 Å². The van der Waals surface area contributed by atoms with Gasteiger partial charge in [0.1, 0.15) is 5.75 Å². The Kier molecular flexibility index (Phi) is 7.03. The van der Waals surface area contributed by atoms with E-state index in [1.54, 1.807) is 6.07 Å². The van der Waals surface area contributed by atoms with E-state index in [0.29, 0.717) is 26.1 Å². The number of rotatable bonds is 8. The molecule has 2 atom stereocenters. The van der Waals surface area contributed by atoms with Crippen molar-refractivity contribution >= 4 is 64.6 Å². The standard InChI is InChI=1S/C30H30Br2N6O/c31-15-1-3-17-22(13-36-25(17)9-15)20(11-34)29-27(39)6-5-24-28(29)19(7-8-33)30(38-24)21(12-35)23-14-37-26-10-16(32)2-4-18(23)26/h1-6,9-10,13-14,20-21,36-39H,7-8,11-12,33-35H2/t20-,21+/m0/s1. The molecule has 0 aliphatic carbocycles. The normalized spacial score (nSPS) is 13.6. The van der Waals surface area contributed by atoms with Gasteiger partial charge in [-0.05, 0) is 66.1 Å². The number of H-pyrrole nitrogens is 3. The van der Waals surface area contributed by atoms with Gasteiger partial charge in [0, 0.05) is 90.2 Å². The fraction of sp³-hybridized carbons (Fsp3) is 0.200. The number of phenols is 1. The summed E-state index contributed by atoms with van der Waals surface area (Å²) in [4.78, 5) is 10.4. The zero-order valence-corrected chi connectivity index (χ0v) is 24.4. The van der Waals surface area contributed by atoms with Gasteiger partial charge in [-0.15, -0.1) is 0 Å². The quantitative estimate of drug-likeness (QED) is 0.108. The summed E-state index contributed by atoms with van der Waals surface area (Å²) in [5.41, 5.74) is 27.1. The van der Waals surface area contributed by atoms with Gasteiger partial charge in [-0.1, -0.05) is 44.0 Å². The Morgan fingerprint density at radius 2 is 1.33 bits per heavy atom. The molecule has 0 aliphatic heterocycles. The van der Waals surface area contributed by atoms with Gasteiger partial charge < -0.3 is 37.3 Å². The average Bonchev–Trinajstić information content (AvgIpc) is 3.63. The van der Waals surface area contributed by atoms with Crippen molar-refractivity contribution in [3.63, 3.8) is 0 Å². The number of fused-ring (bicyclic) bond motifs is 3. The molecule has 7 nitrogen and oxygen atoms in total. The zero-order chi connectivity index (χ0) is 27.3. The smallest absolute Gasteiger partial charge is 0.120 e. The molecule has 200 valence electrons. The first-order chi connectivity index (χ1) is 18.9. The minimum absolute atomic E-state index is 0.0920. The Labute approximate surface area is 242 Å². The van der Waals surface area contributed by atoms with Crippen LogP contribution >= 0.6 is 31.9 Å². The fourth-order valence-corrected chi connectivity index (χ4v) is 6.79. The topological polar surface area (TPSA) is 146 Å². The molecule has 3 aromatic heterocycles. The molecule has 6 aromatic rings. The Hall–Kier alpha value is -3.08. The summed E-state index contributed by atoms with van der Waals surface area (Å²) < 4.78 is 2.01. The third-order valence-corrected chi connectivity index (χ3v) is 8.77. The highest BCUT2D eigenvalue weighted by Crippen LogP contribution is 2.44. The van der Waals surface area contributed by atoms with Crippen LogP contribution in [0.3, 0.4) is 0 Å². The Bertz CT molecular complexity index is 1820. The monoisotopic (exact) mass is 648 g/mol. The van der Waals surface area contributed by atoms with Crippen LogP contribution in [0.15, 0.2) is 69.9 Å². The molecule has 10 N–H and O–H groups in total. The number of phenolic OH excluding ortho intramolecular Hbond substituents is 1. The van der Waals surface area contributed by atoms with Crippen LogP contribution in [0.5, 0.6) is 5.75 Å². The van der Waals surface area contributed by atoms with E-state index in [0.717, 1.165) is 69.6 Å². The summed E-state index contributed by atoms with van der Waals surface area (Å²) >= 11 is 7.12. The highest BCUT2D eigenvalue weighted by atomic mass is 79.9. The van der Waals surface area contributed by atoms with Gasteiger partial charge in [0.05, 0.1) is 0 Å². The molecule has 3 aromatic carbocycles. The van der Waals surface area contributed by atoms with Crippen molar-refractivity contribution in [3.05, 3.63) is 97.8 Å². The number of nitrogens with one attached hydrogen (secondary N) is 3. The zero-order valence-electron chi connectivity index (χ0n) is 21.2. The Morgan fingerprint density at radius 3 is 1.90 bits per heavy atom. The molecule has 0 spiro atoms. The van der Waals surface area contributed by atoms with Crippen LogP contribution in [0, 0.1) is 0 Å². The van der Waals surface area contributed by atoms with E-state index in [-0.39, 0.29) is 17.6 Å². The SMILES string of the molecule is NCCc1c([C@H](CN)c2c[nH]c3cc(Br)ccc23)[nH]c2ccc(O)c([C@@H](CN)c3c[nH]c4cc(Br)ccc34)c12. The van der Waals surface area contributed by atoms with E-state index in [1.165, 1.54) is 0 Å². The molecule has 0 saturated heterocycles. The third kappa shape index (κ3) is 4.38. The molecular formula is C30H30Br2N6O. The highest BCUT2D eigenvalue weighted by molar-refractivity contribution is 9.10. The summed E-state index contributed by atoms with van der Waals surface area (Å²) in [5.74, 6) is -0.106. The first-order valence-electron chi connectivity index (χ1n) is 12.9. The number of hydrogen-bond donors (Lipinski definition) is 7. The van der Waals surface area contributed by atoms with Crippen LogP contribution in [-0.2, 0) is 6.42 Å². The van der Waals surface area contributed by atoms with Crippen molar-refractivity contribution < 1.29 is 5.11 Å². The summed E-state index contributed by atoms with van der Waals surface area (Å²) in [6.07, 6.45) is 4.67. The third-order valence-electron chi connectivity index (χ3n) is 7.78.